The highest BCUT2D eigenvalue weighted by atomic mass is 16.5. The summed E-state index contributed by atoms with van der Waals surface area (Å²) >= 11 is 0. The first kappa shape index (κ1) is 17.9. The number of anilines is 1. The number of methoxy groups -OCH3 is 1. The number of hydrogen-bond acceptors (Lipinski definition) is 4. The molecule has 6 nitrogen and oxygen atoms in total. The van der Waals surface area contributed by atoms with Gasteiger partial charge < -0.3 is 19.8 Å². The summed E-state index contributed by atoms with van der Waals surface area (Å²) in [5.41, 5.74) is 0.738. The molecule has 2 fully saturated rings. The molecule has 2 bridgehead atoms. The Bertz CT molecular complexity index is 748. The van der Waals surface area contributed by atoms with Crippen LogP contribution in [0.1, 0.15) is 37.9 Å². The van der Waals surface area contributed by atoms with Gasteiger partial charge in [0, 0.05) is 29.9 Å². The molecule has 0 saturated carbocycles. The number of hydrogen-bond donors (Lipinski definition) is 2. The van der Waals surface area contributed by atoms with Crippen LogP contribution in [0.3, 0.4) is 0 Å². The van der Waals surface area contributed by atoms with Gasteiger partial charge in [-0.25, -0.2) is 4.79 Å². The van der Waals surface area contributed by atoms with Crippen LogP contribution in [0, 0.1) is 0 Å². The van der Waals surface area contributed by atoms with Crippen molar-refractivity contribution in [3.8, 4) is 5.75 Å². The molecular formula is C21H27N3O3. The van der Waals surface area contributed by atoms with Gasteiger partial charge >= 0.3 is 6.03 Å². The Hall–Kier alpha value is -2.47. The Morgan fingerprint density at radius 1 is 1.22 bits per heavy atom. The van der Waals surface area contributed by atoms with E-state index in [2.05, 4.69) is 15.5 Å². The lowest BCUT2D eigenvalue weighted by Gasteiger charge is -2.48. The maximum absolute atomic E-state index is 12.4. The summed E-state index contributed by atoms with van der Waals surface area (Å²) in [5, 5.41) is 6.09. The number of benzene rings is 1. The van der Waals surface area contributed by atoms with Gasteiger partial charge in [-0.05, 0) is 49.9 Å². The van der Waals surface area contributed by atoms with E-state index >= 15 is 0 Å². The van der Waals surface area contributed by atoms with Crippen LogP contribution in [-0.2, 0) is 6.54 Å². The van der Waals surface area contributed by atoms with E-state index < -0.39 is 0 Å². The van der Waals surface area contributed by atoms with Crippen molar-refractivity contribution in [1.29, 1.82) is 0 Å². The molecule has 2 atom stereocenters. The van der Waals surface area contributed by atoms with Crippen molar-refractivity contribution in [1.82, 2.24) is 10.2 Å². The van der Waals surface area contributed by atoms with Crippen LogP contribution >= 0.6 is 0 Å². The van der Waals surface area contributed by atoms with E-state index in [1.807, 2.05) is 36.4 Å². The third kappa shape index (κ3) is 4.27. The van der Waals surface area contributed by atoms with Crippen LogP contribution in [-0.4, -0.2) is 36.2 Å². The first-order chi connectivity index (χ1) is 13.2. The zero-order valence-corrected chi connectivity index (χ0v) is 15.7. The lowest BCUT2D eigenvalue weighted by molar-refractivity contribution is 0.0150. The molecule has 144 valence electrons. The Labute approximate surface area is 159 Å². The van der Waals surface area contributed by atoms with E-state index in [1.165, 1.54) is 19.3 Å². The molecule has 2 N–H and O–H groups in total. The Balaban J connectivity index is 1.34. The number of furan rings is 1. The number of carbonyl (C=O) groups excluding carboxylic acids is 1. The van der Waals surface area contributed by atoms with Crippen LogP contribution in [0.5, 0.6) is 5.75 Å². The van der Waals surface area contributed by atoms with Gasteiger partial charge in [0.05, 0.1) is 19.9 Å². The standard InChI is InChI=1S/C21H27N3O3/c1-26-19-8-2-5-15(13-19)22-21(25)23-16-11-17-6-3-7-18(12-16)24(17)14-20-9-4-10-27-20/h2,4-5,8-10,13,16-18H,3,6-7,11-12,14H2,1H3,(H2,22,23,25)/t17-,18-/m1/s1. The lowest BCUT2D eigenvalue weighted by Crippen LogP contribution is -2.56. The molecule has 0 unspecified atom stereocenters. The zero-order valence-electron chi connectivity index (χ0n) is 15.7. The number of urea groups is 1. The third-order valence-electron chi connectivity index (χ3n) is 5.71. The maximum atomic E-state index is 12.4. The summed E-state index contributed by atoms with van der Waals surface area (Å²) in [6.07, 6.45) is 7.36. The van der Waals surface area contributed by atoms with Crippen molar-refractivity contribution in [3.63, 3.8) is 0 Å². The highest BCUT2D eigenvalue weighted by Gasteiger charge is 2.38. The summed E-state index contributed by atoms with van der Waals surface area (Å²) in [6, 6.07) is 12.5. The quantitative estimate of drug-likeness (QED) is 0.836. The van der Waals surface area contributed by atoms with Crippen molar-refractivity contribution in [2.45, 2.75) is 56.8 Å². The molecule has 2 amide bonds. The van der Waals surface area contributed by atoms with Gasteiger partial charge in [0.2, 0.25) is 0 Å². The molecule has 27 heavy (non-hydrogen) atoms. The highest BCUT2D eigenvalue weighted by molar-refractivity contribution is 5.89. The van der Waals surface area contributed by atoms with Crippen LogP contribution in [0.15, 0.2) is 47.1 Å². The fourth-order valence-electron chi connectivity index (χ4n) is 4.49. The second-order valence-corrected chi connectivity index (χ2v) is 7.49. The van der Waals surface area contributed by atoms with Gasteiger partial charge in [-0.15, -0.1) is 0 Å². The van der Waals surface area contributed by atoms with Crippen molar-refractivity contribution < 1.29 is 13.9 Å². The number of nitrogens with zero attached hydrogens (tertiary/aromatic N) is 1. The molecule has 1 aromatic heterocycles. The van der Waals surface area contributed by atoms with Crippen molar-refractivity contribution in [2.24, 2.45) is 0 Å². The molecular weight excluding hydrogens is 342 g/mol. The first-order valence-electron chi connectivity index (χ1n) is 9.71. The average Bonchev–Trinajstić information content (AvgIpc) is 3.15. The maximum Gasteiger partial charge on any atom is 0.319 e. The molecule has 0 spiro atoms. The molecule has 2 saturated heterocycles. The molecule has 2 aliphatic heterocycles. The van der Waals surface area contributed by atoms with Crippen LogP contribution in [0.2, 0.25) is 0 Å². The number of piperidine rings is 2. The number of rotatable bonds is 5. The summed E-state index contributed by atoms with van der Waals surface area (Å²) < 4.78 is 10.8. The number of ether oxygens (including phenoxy) is 1. The summed E-state index contributed by atoms with van der Waals surface area (Å²) in [7, 11) is 1.62. The molecule has 2 aliphatic rings. The predicted molar refractivity (Wildman–Crippen MR) is 104 cm³/mol. The van der Waals surface area contributed by atoms with Crippen LogP contribution in [0.4, 0.5) is 10.5 Å². The van der Waals surface area contributed by atoms with E-state index in [0.717, 1.165) is 36.6 Å². The van der Waals surface area contributed by atoms with Gasteiger partial charge in [0.1, 0.15) is 11.5 Å². The lowest BCUT2D eigenvalue weighted by atomic mass is 9.81. The zero-order chi connectivity index (χ0) is 18.6. The summed E-state index contributed by atoms with van der Waals surface area (Å²) in [6.45, 7) is 0.866. The van der Waals surface area contributed by atoms with Gasteiger partial charge in [-0.2, -0.15) is 0 Å². The second-order valence-electron chi connectivity index (χ2n) is 7.49. The number of amides is 2. The van der Waals surface area contributed by atoms with E-state index in [9.17, 15) is 4.79 Å². The summed E-state index contributed by atoms with van der Waals surface area (Å²) in [5.74, 6) is 1.75. The Morgan fingerprint density at radius 2 is 2.04 bits per heavy atom. The Kier molecular flexibility index (Phi) is 5.34. The molecule has 1 aromatic carbocycles. The minimum atomic E-state index is -0.147. The molecule has 0 radical (unpaired) electrons. The number of fused-ring (bicyclic) bond motifs is 2. The fourth-order valence-corrected chi connectivity index (χ4v) is 4.49. The predicted octanol–water partition coefficient (Wildman–Crippen LogP) is 4.00. The fraction of sp³-hybridized carbons (Fsp3) is 0.476. The van der Waals surface area contributed by atoms with E-state index in [-0.39, 0.29) is 12.1 Å². The van der Waals surface area contributed by atoms with Gasteiger partial charge in [0.15, 0.2) is 0 Å². The topological polar surface area (TPSA) is 66.7 Å². The third-order valence-corrected chi connectivity index (χ3v) is 5.71. The first-order valence-corrected chi connectivity index (χ1v) is 9.71. The Morgan fingerprint density at radius 3 is 2.74 bits per heavy atom. The van der Waals surface area contributed by atoms with Gasteiger partial charge in [-0.1, -0.05) is 12.5 Å². The molecule has 6 heteroatoms. The largest absolute Gasteiger partial charge is 0.497 e. The normalized spacial score (nSPS) is 25.0. The SMILES string of the molecule is COc1cccc(NC(=O)NC2C[C@H]3CCC[C@H](C2)N3Cc2ccco2)c1. The molecule has 3 heterocycles. The summed E-state index contributed by atoms with van der Waals surface area (Å²) in [4.78, 5) is 15.0. The van der Waals surface area contributed by atoms with Gasteiger partial charge in [0.25, 0.3) is 0 Å². The smallest absolute Gasteiger partial charge is 0.319 e. The number of carbonyl (C=O) groups is 1. The van der Waals surface area contributed by atoms with Crippen LogP contribution < -0.4 is 15.4 Å². The van der Waals surface area contributed by atoms with Crippen LogP contribution in [0.25, 0.3) is 0 Å². The molecule has 2 aromatic rings. The average molecular weight is 369 g/mol. The second kappa shape index (κ2) is 8.05. The minimum absolute atomic E-state index is 0.147. The number of nitrogens with one attached hydrogen (secondary N) is 2. The highest BCUT2D eigenvalue weighted by Crippen LogP contribution is 2.35. The van der Waals surface area contributed by atoms with E-state index in [1.54, 1.807) is 13.4 Å². The van der Waals surface area contributed by atoms with Gasteiger partial charge in [-0.3, -0.25) is 4.90 Å². The van der Waals surface area contributed by atoms with E-state index in [0.29, 0.717) is 12.1 Å². The van der Waals surface area contributed by atoms with E-state index in [4.69, 9.17) is 9.15 Å². The molecule has 4 rings (SSSR count). The minimum Gasteiger partial charge on any atom is -0.497 e. The monoisotopic (exact) mass is 369 g/mol. The van der Waals surface area contributed by atoms with Crippen molar-refractivity contribution in [2.75, 3.05) is 12.4 Å². The van der Waals surface area contributed by atoms with Crippen molar-refractivity contribution in [3.05, 3.63) is 48.4 Å². The van der Waals surface area contributed by atoms with Crippen molar-refractivity contribution >= 4 is 11.7 Å². The molecule has 0 aliphatic carbocycles.